The van der Waals surface area contributed by atoms with Crippen LogP contribution in [0.5, 0.6) is 0 Å². The lowest BCUT2D eigenvalue weighted by Crippen LogP contribution is -2.15. The van der Waals surface area contributed by atoms with Crippen molar-refractivity contribution >= 4 is 16.7 Å². The Kier molecular flexibility index (Phi) is 4.06. The molecule has 0 bridgehead atoms. The molecule has 2 heterocycles. The molecular formula is C16H14F3N5. The Hall–Kier alpha value is -2.74. The number of nitrogens with zero attached hydrogens (tertiary/aromatic N) is 3. The molecule has 0 aliphatic rings. The van der Waals surface area contributed by atoms with Crippen LogP contribution in [0.2, 0.25) is 0 Å². The zero-order valence-corrected chi connectivity index (χ0v) is 12.8. The summed E-state index contributed by atoms with van der Waals surface area (Å²) in [5, 5.41) is 12.4. The molecule has 124 valence electrons. The molecule has 3 rings (SSSR count). The molecule has 0 aliphatic heterocycles. The summed E-state index contributed by atoms with van der Waals surface area (Å²) in [6.07, 6.45) is 0. The molecule has 0 radical (unpaired) electrons. The molecule has 3 aromatic rings. The van der Waals surface area contributed by atoms with Gasteiger partial charge >= 0.3 is 0 Å². The molecule has 0 unspecified atom stereocenters. The molecule has 0 spiro atoms. The van der Waals surface area contributed by atoms with Crippen LogP contribution in [0.15, 0.2) is 24.3 Å². The van der Waals surface area contributed by atoms with Crippen LogP contribution in [-0.4, -0.2) is 27.0 Å². The molecule has 0 fully saturated rings. The van der Waals surface area contributed by atoms with Crippen LogP contribution < -0.4 is 5.73 Å². The van der Waals surface area contributed by atoms with E-state index in [-0.39, 0.29) is 41.4 Å². The van der Waals surface area contributed by atoms with Crippen LogP contribution in [0.3, 0.4) is 0 Å². The van der Waals surface area contributed by atoms with E-state index in [4.69, 9.17) is 11.1 Å². The largest absolute Gasteiger partial charge is 0.325 e. The number of nitrogens with two attached hydrogens (primary N) is 1. The van der Waals surface area contributed by atoms with Gasteiger partial charge in [0, 0.05) is 12.1 Å². The molecule has 0 atom stereocenters. The van der Waals surface area contributed by atoms with Crippen molar-refractivity contribution < 1.29 is 13.2 Å². The van der Waals surface area contributed by atoms with Crippen LogP contribution in [0.1, 0.15) is 17.0 Å². The maximum Gasteiger partial charge on any atom is 0.163 e. The molecule has 0 aliphatic carbocycles. The Balaban J connectivity index is 2.19. The van der Waals surface area contributed by atoms with Gasteiger partial charge in [0.2, 0.25) is 0 Å². The average molecular weight is 333 g/mol. The lowest BCUT2D eigenvalue weighted by Gasteiger charge is -2.06. The highest BCUT2D eigenvalue weighted by molar-refractivity contribution is 6.07. The van der Waals surface area contributed by atoms with E-state index in [1.54, 1.807) is 0 Å². The highest BCUT2D eigenvalue weighted by Gasteiger charge is 2.18. The summed E-state index contributed by atoms with van der Waals surface area (Å²) < 4.78 is 42.4. The molecule has 1 aromatic carbocycles. The summed E-state index contributed by atoms with van der Waals surface area (Å²) in [7, 11) is 0. The number of hydrogen-bond donors (Lipinski definition) is 2. The minimum Gasteiger partial charge on any atom is -0.325 e. The van der Waals surface area contributed by atoms with Gasteiger partial charge in [0.25, 0.3) is 0 Å². The van der Waals surface area contributed by atoms with Crippen LogP contribution >= 0.6 is 0 Å². The molecule has 3 N–H and O–H groups in total. The van der Waals surface area contributed by atoms with Gasteiger partial charge in [-0.2, -0.15) is 5.10 Å². The van der Waals surface area contributed by atoms with Crippen molar-refractivity contribution in [1.29, 1.82) is 5.41 Å². The van der Waals surface area contributed by atoms with Crippen LogP contribution in [0.4, 0.5) is 13.2 Å². The number of aromatic nitrogens is 3. The summed E-state index contributed by atoms with van der Waals surface area (Å²) in [4.78, 5) is 4.13. The minimum absolute atomic E-state index is 0.00326. The fourth-order valence-corrected chi connectivity index (χ4v) is 2.42. The number of benzene rings is 1. The highest BCUT2D eigenvalue weighted by atomic mass is 19.2. The van der Waals surface area contributed by atoms with E-state index >= 15 is 0 Å². The zero-order chi connectivity index (χ0) is 17.4. The Morgan fingerprint density at radius 2 is 2.00 bits per heavy atom. The fraction of sp³-hybridized carbons (Fsp3) is 0.188. The third kappa shape index (κ3) is 2.65. The van der Waals surface area contributed by atoms with Gasteiger partial charge in [-0.15, -0.1) is 0 Å². The predicted octanol–water partition coefficient (Wildman–Crippen LogP) is 2.53. The maximum atomic E-state index is 13.9. The summed E-state index contributed by atoms with van der Waals surface area (Å²) in [6, 6.07) is 5.06. The van der Waals surface area contributed by atoms with Crippen molar-refractivity contribution in [2.75, 3.05) is 6.54 Å². The van der Waals surface area contributed by atoms with Crippen molar-refractivity contribution in [3.63, 3.8) is 0 Å². The van der Waals surface area contributed by atoms with E-state index in [2.05, 4.69) is 10.1 Å². The Morgan fingerprint density at radius 1 is 1.25 bits per heavy atom. The molecule has 0 saturated carbocycles. The van der Waals surface area contributed by atoms with Gasteiger partial charge in [0.05, 0.1) is 23.3 Å². The standard InChI is InChI=1S/C16H14F3N5/c1-8-12(18)5-10-15(13(21)6-20)23-24(16(10)22-8)7-9-3-2-4-11(17)14(9)19/h2-5,21H,6-7,20H2,1H3. The van der Waals surface area contributed by atoms with Crippen LogP contribution in [-0.2, 0) is 6.54 Å². The van der Waals surface area contributed by atoms with Crippen molar-refractivity contribution in [3.8, 4) is 0 Å². The van der Waals surface area contributed by atoms with E-state index < -0.39 is 17.5 Å². The van der Waals surface area contributed by atoms with E-state index in [1.165, 1.54) is 29.8 Å². The van der Waals surface area contributed by atoms with Crippen molar-refractivity contribution in [1.82, 2.24) is 14.8 Å². The van der Waals surface area contributed by atoms with Gasteiger partial charge in [0.15, 0.2) is 17.3 Å². The van der Waals surface area contributed by atoms with Gasteiger partial charge in [0.1, 0.15) is 11.5 Å². The molecule has 2 aromatic heterocycles. The monoisotopic (exact) mass is 333 g/mol. The van der Waals surface area contributed by atoms with E-state index in [0.717, 1.165) is 6.07 Å². The van der Waals surface area contributed by atoms with Gasteiger partial charge in [-0.3, -0.25) is 0 Å². The topological polar surface area (TPSA) is 80.6 Å². The SMILES string of the molecule is Cc1nc2c(cc1F)c(C(=N)CN)nn2Cc1cccc(F)c1F. The maximum absolute atomic E-state index is 13.9. The second-order valence-electron chi connectivity index (χ2n) is 5.33. The van der Waals surface area contributed by atoms with E-state index in [9.17, 15) is 13.2 Å². The number of pyridine rings is 1. The van der Waals surface area contributed by atoms with E-state index in [1.807, 2.05) is 0 Å². The third-order valence-electron chi connectivity index (χ3n) is 3.69. The minimum atomic E-state index is -0.976. The summed E-state index contributed by atoms with van der Waals surface area (Å²) >= 11 is 0. The smallest absolute Gasteiger partial charge is 0.163 e. The van der Waals surface area contributed by atoms with Crippen LogP contribution in [0, 0.1) is 29.8 Å². The van der Waals surface area contributed by atoms with Crippen molar-refractivity contribution in [2.24, 2.45) is 5.73 Å². The first-order valence-corrected chi connectivity index (χ1v) is 7.16. The molecule has 8 heteroatoms. The Bertz CT molecular complexity index is 949. The van der Waals surface area contributed by atoms with Gasteiger partial charge < -0.3 is 11.1 Å². The third-order valence-corrected chi connectivity index (χ3v) is 3.69. The van der Waals surface area contributed by atoms with Gasteiger partial charge in [-0.25, -0.2) is 22.8 Å². The molecular weight excluding hydrogens is 319 g/mol. The number of hydrogen-bond acceptors (Lipinski definition) is 4. The summed E-state index contributed by atoms with van der Waals surface area (Å²) in [5.74, 6) is -2.48. The summed E-state index contributed by atoms with van der Waals surface area (Å²) in [6.45, 7) is 1.30. The second-order valence-corrected chi connectivity index (χ2v) is 5.33. The molecule has 0 amide bonds. The molecule has 0 saturated heterocycles. The van der Waals surface area contributed by atoms with Crippen molar-refractivity contribution in [2.45, 2.75) is 13.5 Å². The molecule has 5 nitrogen and oxygen atoms in total. The number of nitrogens with one attached hydrogen (secondary N) is 1. The van der Waals surface area contributed by atoms with Crippen LogP contribution in [0.25, 0.3) is 11.0 Å². The average Bonchev–Trinajstić information content (AvgIpc) is 2.89. The Morgan fingerprint density at radius 3 is 2.71 bits per heavy atom. The lowest BCUT2D eigenvalue weighted by atomic mass is 10.1. The number of rotatable bonds is 4. The number of fused-ring (bicyclic) bond motifs is 1. The zero-order valence-electron chi connectivity index (χ0n) is 12.8. The number of halogens is 3. The van der Waals surface area contributed by atoms with Gasteiger partial charge in [-0.05, 0) is 19.1 Å². The summed E-state index contributed by atoms with van der Waals surface area (Å²) in [5.41, 5.74) is 6.16. The van der Waals surface area contributed by atoms with Gasteiger partial charge in [-0.1, -0.05) is 12.1 Å². The normalized spacial score (nSPS) is 11.2. The Labute approximate surface area is 135 Å². The fourth-order valence-electron chi connectivity index (χ4n) is 2.42. The number of aryl methyl sites for hydroxylation is 1. The molecule has 24 heavy (non-hydrogen) atoms. The highest BCUT2D eigenvalue weighted by Crippen LogP contribution is 2.22. The lowest BCUT2D eigenvalue weighted by molar-refractivity contribution is 0.492. The van der Waals surface area contributed by atoms with E-state index in [0.29, 0.717) is 5.39 Å². The quantitative estimate of drug-likeness (QED) is 0.720. The first-order valence-electron chi connectivity index (χ1n) is 7.16. The first-order chi connectivity index (χ1) is 11.4. The second kappa shape index (κ2) is 6.04. The van der Waals surface area contributed by atoms with Crippen molar-refractivity contribution in [3.05, 3.63) is 58.7 Å². The predicted molar refractivity (Wildman–Crippen MR) is 83.6 cm³/mol. The first kappa shape index (κ1) is 16.1.